The van der Waals surface area contributed by atoms with Crippen molar-refractivity contribution in [2.45, 2.75) is 52.7 Å². The number of allylic oxidation sites excluding steroid dienone is 1. The van der Waals surface area contributed by atoms with Gasteiger partial charge in [0.05, 0.1) is 12.2 Å². The van der Waals surface area contributed by atoms with Crippen LogP contribution in [0.4, 0.5) is 0 Å². The molecule has 0 unspecified atom stereocenters. The van der Waals surface area contributed by atoms with Gasteiger partial charge in [0.15, 0.2) is 0 Å². The van der Waals surface area contributed by atoms with E-state index in [0.717, 1.165) is 19.1 Å². The smallest absolute Gasteiger partial charge is 0.126 e. The maximum absolute atomic E-state index is 10.6. The molecule has 2 heteroatoms. The Morgan fingerprint density at radius 3 is 2.94 bits per heavy atom. The van der Waals surface area contributed by atoms with Crippen LogP contribution in [-0.4, -0.2) is 18.5 Å². The Labute approximate surface area is 98.4 Å². The normalized spacial score (nSPS) is 28.5. The minimum absolute atomic E-state index is 0.0179. The van der Waals surface area contributed by atoms with Crippen LogP contribution in [0.3, 0.4) is 0 Å². The molecule has 1 aliphatic heterocycles. The predicted octanol–water partition coefficient (Wildman–Crippen LogP) is 3.28. The minimum atomic E-state index is -0.0179. The molecule has 0 saturated heterocycles. The van der Waals surface area contributed by atoms with E-state index in [1.807, 2.05) is 19.9 Å². The highest BCUT2D eigenvalue weighted by molar-refractivity contribution is 5.56. The molecule has 1 aliphatic rings. The maximum atomic E-state index is 10.6. The molecule has 0 spiro atoms. The average molecular weight is 222 g/mol. The molecular weight excluding hydrogens is 200 g/mol. The summed E-state index contributed by atoms with van der Waals surface area (Å²) in [7, 11) is 0. The van der Waals surface area contributed by atoms with Gasteiger partial charge in [-0.1, -0.05) is 26.0 Å². The Morgan fingerprint density at radius 2 is 2.38 bits per heavy atom. The first-order valence-corrected chi connectivity index (χ1v) is 6.04. The molecule has 90 valence electrons. The van der Waals surface area contributed by atoms with Crippen molar-refractivity contribution in [2.75, 3.05) is 0 Å². The molecule has 0 bridgehead atoms. The Balaban J connectivity index is 2.70. The van der Waals surface area contributed by atoms with Gasteiger partial charge in [0.2, 0.25) is 0 Å². The summed E-state index contributed by atoms with van der Waals surface area (Å²) in [6.07, 6.45) is 7.55. The molecule has 0 radical (unpaired) electrons. The first-order valence-electron chi connectivity index (χ1n) is 6.04. The van der Waals surface area contributed by atoms with Crippen LogP contribution in [0.15, 0.2) is 23.3 Å². The zero-order valence-corrected chi connectivity index (χ0v) is 10.7. The van der Waals surface area contributed by atoms with Crippen molar-refractivity contribution >= 4 is 6.29 Å². The van der Waals surface area contributed by atoms with E-state index >= 15 is 0 Å². The van der Waals surface area contributed by atoms with Gasteiger partial charge in [-0.15, -0.1) is 0 Å². The van der Waals surface area contributed by atoms with Gasteiger partial charge in [-0.3, -0.25) is 0 Å². The lowest BCUT2D eigenvalue weighted by atomic mass is 9.97. The Morgan fingerprint density at radius 1 is 1.69 bits per heavy atom. The Bertz CT molecular complexity index is 302. The summed E-state index contributed by atoms with van der Waals surface area (Å²) >= 11 is 0. The van der Waals surface area contributed by atoms with Crippen molar-refractivity contribution in [3.05, 3.63) is 23.3 Å². The molecular formula is C14H22O2. The number of rotatable bonds is 4. The van der Waals surface area contributed by atoms with Crippen molar-refractivity contribution in [3.63, 3.8) is 0 Å². The summed E-state index contributed by atoms with van der Waals surface area (Å²) < 4.78 is 6.00. The third-order valence-electron chi connectivity index (χ3n) is 3.11. The molecule has 0 aliphatic carbocycles. The van der Waals surface area contributed by atoms with E-state index in [-0.39, 0.29) is 18.1 Å². The van der Waals surface area contributed by atoms with E-state index < -0.39 is 0 Å². The zero-order chi connectivity index (χ0) is 12.1. The lowest BCUT2D eigenvalue weighted by Gasteiger charge is -2.29. The van der Waals surface area contributed by atoms with Crippen LogP contribution >= 0.6 is 0 Å². The topological polar surface area (TPSA) is 26.3 Å². The molecule has 1 rings (SSSR count). The van der Waals surface area contributed by atoms with E-state index in [1.165, 1.54) is 11.1 Å². The third-order valence-corrected chi connectivity index (χ3v) is 3.11. The lowest BCUT2D eigenvalue weighted by Crippen LogP contribution is -2.27. The van der Waals surface area contributed by atoms with Crippen LogP contribution in [0.2, 0.25) is 0 Å². The van der Waals surface area contributed by atoms with Crippen LogP contribution in [-0.2, 0) is 9.53 Å². The van der Waals surface area contributed by atoms with Crippen molar-refractivity contribution in [1.82, 2.24) is 0 Å². The molecule has 1 heterocycles. The fourth-order valence-corrected chi connectivity index (χ4v) is 2.06. The van der Waals surface area contributed by atoms with Gasteiger partial charge in [-0.25, -0.2) is 0 Å². The number of carbonyl (C=O) groups excluding carboxylic acids is 1. The van der Waals surface area contributed by atoms with Crippen LogP contribution in [0.25, 0.3) is 0 Å². The Kier molecular flexibility index (Phi) is 4.94. The van der Waals surface area contributed by atoms with Crippen molar-refractivity contribution in [3.8, 4) is 0 Å². The SMILES string of the molecule is CC[C@H]1O[C@@H](/C(C)=C/[C@H](C)C=O)CC=C1C. The van der Waals surface area contributed by atoms with Crippen molar-refractivity contribution < 1.29 is 9.53 Å². The molecule has 0 amide bonds. The van der Waals surface area contributed by atoms with Gasteiger partial charge >= 0.3 is 0 Å². The molecule has 16 heavy (non-hydrogen) atoms. The fourth-order valence-electron chi connectivity index (χ4n) is 2.06. The zero-order valence-electron chi connectivity index (χ0n) is 10.7. The van der Waals surface area contributed by atoms with E-state index in [1.54, 1.807) is 0 Å². The second-order valence-corrected chi connectivity index (χ2v) is 4.61. The largest absolute Gasteiger partial charge is 0.366 e. The summed E-state index contributed by atoms with van der Waals surface area (Å²) in [5.41, 5.74) is 2.50. The van der Waals surface area contributed by atoms with Crippen LogP contribution in [0.5, 0.6) is 0 Å². The molecule has 3 atom stereocenters. The van der Waals surface area contributed by atoms with Gasteiger partial charge < -0.3 is 9.53 Å². The quantitative estimate of drug-likeness (QED) is 0.539. The van der Waals surface area contributed by atoms with Crippen LogP contribution in [0, 0.1) is 5.92 Å². The molecule has 0 aromatic heterocycles. The molecule has 2 nitrogen and oxygen atoms in total. The van der Waals surface area contributed by atoms with Gasteiger partial charge in [0.1, 0.15) is 6.29 Å². The molecule has 0 fully saturated rings. The van der Waals surface area contributed by atoms with Gasteiger partial charge in [-0.2, -0.15) is 0 Å². The van der Waals surface area contributed by atoms with E-state index in [9.17, 15) is 4.79 Å². The first kappa shape index (κ1) is 13.2. The number of carbonyl (C=O) groups is 1. The summed E-state index contributed by atoms with van der Waals surface area (Å²) in [5.74, 6) is -0.0179. The number of hydrogen-bond acceptors (Lipinski definition) is 2. The van der Waals surface area contributed by atoms with Gasteiger partial charge in [0, 0.05) is 5.92 Å². The van der Waals surface area contributed by atoms with Crippen LogP contribution in [0.1, 0.15) is 40.5 Å². The lowest BCUT2D eigenvalue weighted by molar-refractivity contribution is -0.109. The van der Waals surface area contributed by atoms with Crippen LogP contribution < -0.4 is 0 Å². The summed E-state index contributed by atoms with van der Waals surface area (Å²) in [5, 5.41) is 0. The second kappa shape index (κ2) is 6.00. The highest BCUT2D eigenvalue weighted by Crippen LogP contribution is 2.25. The summed E-state index contributed by atoms with van der Waals surface area (Å²) in [6, 6.07) is 0. The predicted molar refractivity (Wildman–Crippen MR) is 66.3 cm³/mol. The molecule has 0 saturated carbocycles. The standard InChI is InChI=1S/C14H22O2/c1-5-13-11(3)6-7-14(16-13)12(4)8-10(2)9-15/h6,8-10,13-14H,5,7H2,1-4H3/b12-8+/t10-,13+,14+/m0/s1. The molecule has 0 N–H and O–H groups in total. The minimum Gasteiger partial charge on any atom is -0.366 e. The maximum Gasteiger partial charge on any atom is 0.126 e. The number of hydrogen-bond donors (Lipinski definition) is 0. The van der Waals surface area contributed by atoms with Crippen molar-refractivity contribution in [1.29, 1.82) is 0 Å². The van der Waals surface area contributed by atoms with Crippen molar-refractivity contribution in [2.24, 2.45) is 5.92 Å². The van der Waals surface area contributed by atoms with E-state index in [4.69, 9.17) is 4.74 Å². The first-order chi connectivity index (χ1) is 7.58. The molecule has 0 aromatic rings. The summed E-state index contributed by atoms with van der Waals surface area (Å²) in [4.78, 5) is 10.6. The third kappa shape index (κ3) is 3.31. The average Bonchev–Trinajstić information content (AvgIpc) is 2.29. The molecule has 0 aromatic carbocycles. The van der Waals surface area contributed by atoms with Gasteiger partial charge in [0.25, 0.3) is 0 Å². The van der Waals surface area contributed by atoms with Gasteiger partial charge in [-0.05, 0) is 37.8 Å². The Hall–Kier alpha value is -0.890. The number of ether oxygens (including phenoxy) is 1. The van der Waals surface area contributed by atoms with E-state index in [2.05, 4.69) is 19.9 Å². The number of aldehydes is 1. The fraction of sp³-hybridized carbons (Fsp3) is 0.643. The monoisotopic (exact) mass is 222 g/mol. The summed E-state index contributed by atoms with van der Waals surface area (Å²) in [6.45, 7) is 8.21. The highest BCUT2D eigenvalue weighted by atomic mass is 16.5. The second-order valence-electron chi connectivity index (χ2n) is 4.61. The highest BCUT2D eigenvalue weighted by Gasteiger charge is 2.22. The van der Waals surface area contributed by atoms with E-state index in [0.29, 0.717) is 0 Å².